The summed E-state index contributed by atoms with van der Waals surface area (Å²) in [5, 5.41) is 10.8. The van der Waals surface area contributed by atoms with Crippen molar-refractivity contribution >= 4 is 5.69 Å². The molecule has 0 aliphatic carbocycles. The first kappa shape index (κ1) is 26.9. The lowest BCUT2D eigenvalue weighted by Crippen LogP contribution is -2.45. The van der Waals surface area contributed by atoms with Gasteiger partial charge in [-0.15, -0.1) is 0 Å². The summed E-state index contributed by atoms with van der Waals surface area (Å²) in [6.45, 7) is 10.3. The predicted molar refractivity (Wildman–Crippen MR) is 151 cm³/mol. The number of piperazine rings is 1. The van der Waals surface area contributed by atoms with Crippen LogP contribution >= 0.6 is 0 Å². The molecule has 3 aromatic rings. The first-order valence-electron chi connectivity index (χ1n) is 14.0. The lowest BCUT2D eigenvalue weighted by Gasteiger charge is -2.36. The van der Waals surface area contributed by atoms with Crippen LogP contribution < -0.4 is 14.4 Å². The summed E-state index contributed by atoms with van der Waals surface area (Å²) in [5.74, 6) is 1.21. The summed E-state index contributed by atoms with van der Waals surface area (Å²) in [6.07, 6.45) is 10.7. The molecule has 1 aliphatic heterocycles. The van der Waals surface area contributed by atoms with Crippen LogP contribution in [0.2, 0.25) is 0 Å². The molecule has 0 unspecified atom stereocenters. The minimum absolute atomic E-state index is 0.130. The fourth-order valence-electron chi connectivity index (χ4n) is 4.78. The topological polar surface area (TPSA) is 50.1 Å². The first-order valence-corrected chi connectivity index (χ1v) is 14.0. The van der Waals surface area contributed by atoms with Gasteiger partial charge in [0.25, 0.3) is 0 Å². The molecule has 1 aliphatic rings. The Kier molecular flexibility index (Phi) is 10.2. The van der Waals surface area contributed by atoms with Gasteiger partial charge in [0.1, 0.15) is 0 Å². The van der Waals surface area contributed by atoms with E-state index in [0.717, 1.165) is 76.8 Å². The van der Waals surface area contributed by atoms with Gasteiger partial charge in [-0.2, -0.15) is 0 Å². The Morgan fingerprint density at radius 1 is 0.730 bits per heavy atom. The van der Waals surface area contributed by atoms with Gasteiger partial charge in [0, 0.05) is 56.5 Å². The van der Waals surface area contributed by atoms with Gasteiger partial charge in [-0.1, -0.05) is 39.5 Å². The van der Waals surface area contributed by atoms with Crippen molar-refractivity contribution in [1.82, 2.24) is 9.47 Å². The van der Waals surface area contributed by atoms with E-state index in [4.69, 9.17) is 9.47 Å². The molecule has 2 heterocycles. The largest absolute Gasteiger partial charge is 0.502 e. The summed E-state index contributed by atoms with van der Waals surface area (Å²) in [5.41, 5.74) is 3.57. The molecule has 4 rings (SSSR count). The Morgan fingerprint density at radius 2 is 1.27 bits per heavy atom. The molecule has 0 saturated carbocycles. The quantitative estimate of drug-likeness (QED) is 0.249. The Bertz CT molecular complexity index is 1020. The number of unbranched alkanes of at least 4 members (excludes halogenated alkanes) is 4. The van der Waals surface area contributed by atoms with Crippen molar-refractivity contribution in [3.63, 3.8) is 0 Å². The van der Waals surface area contributed by atoms with Gasteiger partial charge in [0.15, 0.2) is 11.5 Å². The van der Waals surface area contributed by atoms with Gasteiger partial charge in [0.05, 0.1) is 13.2 Å². The highest BCUT2D eigenvalue weighted by Crippen LogP contribution is 2.38. The smallest absolute Gasteiger partial charge is 0.200 e. The molecule has 200 valence electrons. The number of phenols is 1. The average molecular weight is 506 g/mol. The number of nitrogens with zero attached hydrogens (tertiary/aromatic N) is 3. The van der Waals surface area contributed by atoms with Crippen LogP contribution in [0.1, 0.15) is 57.9 Å². The zero-order chi connectivity index (χ0) is 25.9. The van der Waals surface area contributed by atoms with Crippen molar-refractivity contribution in [3.05, 3.63) is 66.5 Å². The molecular formula is C31H43N3O3. The summed E-state index contributed by atoms with van der Waals surface area (Å²) in [4.78, 5) is 4.93. The molecule has 1 aromatic heterocycles. The van der Waals surface area contributed by atoms with Crippen molar-refractivity contribution < 1.29 is 14.6 Å². The highest BCUT2D eigenvalue weighted by molar-refractivity contribution is 5.53. The second kappa shape index (κ2) is 14.0. The van der Waals surface area contributed by atoms with E-state index in [2.05, 4.69) is 64.9 Å². The number of rotatable bonds is 14. The standard InChI is InChI=1S/C31H43N3O3/c1-3-5-9-21-36-29-23-26(24-30(31(29)35)37-22-10-6-4-2)25-32-17-19-34(20-18-32)28-13-11-27(12-14-28)33-15-7-8-16-33/h7-8,11-16,23-24,35H,3-6,9-10,17-22,25H2,1-2H3. The molecule has 0 spiro atoms. The van der Waals surface area contributed by atoms with Gasteiger partial charge in [-0.05, 0) is 66.9 Å². The fraction of sp³-hybridized carbons (Fsp3) is 0.484. The van der Waals surface area contributed by atoms with Crippen molar-refractivity contribution in [1.29, 1.82) is 0 Å². The minimum Gasteiger partial charge on any atom is -0.502 e. The summed E-state index contributed by atoms with van der Waals surface area (Å²) in [7, 11) is 0. The third kappa shape index (κ3) is 7.68. The first-order chi connectivity index (χ1) is 18.2. The third-order valence-electron chi connectivity index (χ3n) is 7.01. The summed E-state index contributed by atoms with van der Waals surface area (Å²) >= 11 is 0. The number of aromatic hydroxyl groups is 1. The Labute approximate surface area is 222 Å². The van der Waals surface area contributed by atoms with E-state index in [1.165, 1.54) is 11.4 Å². The average Bonchev–Trinajstić information content (AvgIpc) is 3.47. The second-order valence-electron chi connectivity index (χ2n) is 9.92. The van der Waals surface area contributed by atoms with E-state index < -0.39 is 0 Å². The number of aromatic nitrogens is 1. The summed E-state index contributed by atoms with van der Waals surface area (Å²) < 4.78 is 14.1. The van der Waals surface area contributed by atoms with Crippen LogP contribution in [-0.4, -0.2) is 54.0 Å². The lowest BCUT2D eigenvalue weighted by molar-refractivity contribution is 0.244. The molecule has 1 saturated heterocycles. The number of benzene rings is 2. The van der Waals surface area contributed by atoms with E-state index in [9.17, 15) is 5.11 Å². The number of phenolic OH excluding ortho intramolecular Hbond substituents is 1. The monoisotopic (exact) mass is 505 g/mol. The number of ether oxygens (including phenoxy) is 2. The predicted octanol–water partition coefficient (Wildman–Crippen LogP) is 6.64. The van der Waals surface area contributed by atoms with E-state index in [-0.39, 0.29) is 5.75 Å². The molecule has 1 N–H and O–H groups in total. The zero-order valence-corrected chi connectivity index (χ0v) is 22.6. The molecule has 0 atom stereocenters. The Balaban J connectivity index is 1.36. The van der Waals surface area contributed by atoms with Crippen LogP contribution in [-0.2, 0) is 6.54 Å². The van der Waals surface area contributed by atoms with Gasteiger partial charge < -0.3 is 24.0 Å². The number of hydrogen-bond donors (Lipinski definition) is 1. The molecule has 1 fully saturated rings. The zero-order valence-electron chi connectivity index (χ0n) is 22.6. The highest BCUT2D eigenvalue weighted by Gasteiger charge is 2.20. The molecule has 6 nitrogen and oxygen atoms in total. The SMILES string of the molecule is CCCCCOc1cc(CN2CCN(c3ccc(-n4cccc4)cc3)CC2)cc(OCCCCC)c1O. The van der Waals surface area contributed by atoms with Crippen LogP contribution in [0.3, 0.4) is 0 Å². The number of hydrogen-bond acceptors (Lipinski definition) is 5. The van der Waals surface area contributed by atoms with Crippen molar-refractivity contribution in [2.75, 3.05) is 44.3 Å². The van der Waals surface area contributed by atoms with Crippen LogP contribution in [0.4, 0.5) is 5.69 Å². The molecule has 37 heavy (non-hydrogen) atoms. The van der Waals surface area contributed by atoms with Crippen LogP contribution in [0.15, 0.2) is 60.9 Å². The van der Waals surface area contributed by atoms with Gasteiger partial charge >= 0.3 is 0 Å². The molecule has 2 aromatic carbocycles. The Morgan fingerprint density at radius 3 is 1.81 bits per heavy atom. The van der Waals surface area contributed by atoms with Crippen molar-refractivity contribution in [3.8, 4) is 22.9 Å². The van der Waals surface area contributed by atoms with Crippen LogP contribution in [0.5, 0.6) is 17.2 Å². The van der Waals surface area contributed by atoms with Crippen LogP contribution in [0.25, 0.3) is 5.69 Å². The molecule has 0 amide bonds. The minimum atomic E-state index is 0.130. The molecule has 0 bridgehead atoms. The molecule has 0 radical (unpaired) electrons. The lowest BCUT2D eigenvalue weighted by atomic mass is 10.1. The molecule has 6 heteroatoms. The maximum Gasteiger partial charge on any atom is 0.200 e. The van der Waals surface area contributed by atoms with Gasteiger partial charge in [0.2, 0.25) is 5.75 Å². The Hall–Kier alpha value is -3.12. The fourth-order valence-corrected chi connectivity index (χ4v) is 4.78. The normalized spacial score (nSPS) is 14.2. The van der Waals surface area contributed by atoms with E-state index >= 15 is 0 Å². The van der Waals surface area contributed by atoms with Gasteiger partial charge in [-0.3, -0.25) is 4.90 Å². The van der Waals surface area contributed by atoms with Crippen molar-refractivity contribution in [2.45, 2.75) is 58.9 Å². The molecular weight excluding hydrogens is 462 g/mol. The van der Waals surface area contributed by atoms with E-state index in [0.29, 0.717) is 24.7 Å². The van der Waals surface area contributed by atoms with Gasteiger partial charge in [-0.25, -0.2) is 0 Å². The highest BCUT2D eigenvalue weighted by atomic mass is 16.5. The number of anilines is 1. The maximum absolute atomic E-state index is 10.8. The second-order valence-corrected chi connectivity index (χ2v) is 9.92. The van der Waals surface area contributed by atoms with E-state index in [1.807, 2.05) is 24.3 Å². The van der Waals surface area contributed by atoms with Crippen LogP contribution in [0, 0.1) is 0 Å². The summed E-state index contributed by atoms with van der Waals surface area (Å²) in [6, 6.07) is 16.9. The van der Waals surface area contributed by atoms with E-state index in [1.54, 1.807) is 0 Å². The third-order valence-corrected chi connectivity index (χ3v) is 7.01. The van der Waals surface area contributed by atoms with Crippen molar-refractivity contribution in [2.24, 2.45) is 0 Å². The maximum atomic E-state index is 10.8.